The molecular weight excluding hydrogens is 581 g/mol. The minimum atomic E-state index is -0.587. The first kappa shape index (κ1) is 29.1. The zero-order chi connectivity index (χ0) is 27.5. The third-order valence-electron chi connectivity index (χ3n) is 7.11. The predicted octanol–water partition coefficient (Wildman–Crippen LogP) is 5.81. The molecule has 1 aliphatic rings. The SMILES string of the molecule is Cl.OC(CNc1ncnc2c1nc(-c1ccccc1)n2-c1ccccc1)CN1CCN(c2cccc(Cl)c2Cl)CC1. The van der Waals surface area contributed by atoms with Gasteiger partial charge in [0.05, 0.1) is 21.8 Å². The van der Waals surface area contributed by atoms with E-state index in [-0.39, 0.29) is 12.4 Å². The molecule has 41 heavy (non-hydrogen) atoms. The predicted molar refractivity (Wildman–Crippen MR) is 169 cm³/mol. The minimum absolute atomic E-state index is 0. The van der Waals surface area contributed by atoms with Crippen LogP contribution < -0.4 is 10.2 Å². The fraction of sp³-hybridized carbons (Fsp3) is 0.233. The molecule has 11 heteroatoms. The van der Waals surface area contributed by atoms with E-state index in [1.54, 1.807) is 6.07 Å². The summed E-state index contributed by atoms with van der Waals surface area (Å²) in [4.78, 5) is 18.5. The maximum absolute atomic E-state index is 10.9. The van der Waals surface area contributed by atoms with Gasteiger partial charge in [0.1, 0.15) is 12.2 Å². The van der Waals surface area contributed by atoms with Crippen LogP contribution in [0.15, 0.2) is 85.2 Å². The van der Waals surface area contributed by atoms with Gasteiger partial charge in [-0.3, -0.25) is 9.47 Å². The number of anilines is 2. The number of β-amino-alcohol motifs (C(OH)–C–C–N with tert-alkyl or cyclic N) is 1. The van der Waals surface area contributed by atoms with Crippen LogP contribution in [0.25, 0.3) is 28.2 Å². The highest BCUT2D eigenvalue weighted by Gasteiger charge is 2.23. The lowest BCUT2D eigenvalue weighted by atomic mass is 10.2. The second kappa shape index (κ2) is 13.1. The number of aromatic nitrogens is 4. The van der Waals surface area contributed by atoms with Crippen molar-refractivity contribution in [3.63, 3.8) is 0 Å². The number of imidazole rings is 1. The lowest BCUT2D eigenvalue weighted by molar-refractivity contribution is 0.118. The molecule has 5 aromatic rings. The molecule has 0 spiro atoms. The quantitative estimate of drug-likeness (QED) is 0.230. The largest absolute Gasteiger partial charge is 0.390 e. The third-order valence-corrected chi connectivity index (χ3v) is 7.92. The average molecular weight is 611 g/mol. The van der Waals surface area contributed by atoms with Crippen molar-refractivity contribution in [1.82, 2.24) is 24.4 Å². The molecule has 212 valence electrons. The Kier molecular flexibility index (Phi) is 9.27. The Hall–Kier alpha value is -3.40. The van der Waals surface area contributed by atoms with Crippen molar-refractivity contribution in [3.8, 4) is 17.1 Å². The van der Waals surface area contributed by atoms with Crippen molar-refractivity contribution in [1.29, 1.82) is 0 Å². The summed E-state index contributed by atoms with van der Waals surface area (Å²) in [5, 5.41) is 15.4. The van der Waals surface area contributed by atoms with Gasteiger partial charge in [-0.1, -0.05) is 77.8 Å². The van der Waals surface area contributed by atoms with Gasteiger partial charge in [-0.2, -0.15) is 0 Å². The number of piperazine rings is 1. The Morgan fingerprint density at radius 3 is 2.29 bits per heavy atom. The number of para-hydroxylation sites is 1. The van der Waals surface area contributed by atoms with Crippen LogP contribution >= 0.6 is 35.6 Å². The van der Waals surface area contributed by atoms with E-state index in [4.69, 9.17) is 28.2 Å². The van der Waals surface area contributed by atoms with E-state index in [1.165, 1.54) is 6.33 Å². The second-order valence-corrected chi connectivity index (χ2v) is 10.5. The van der Waals surface area contributed by atoms with Crippen molar-refractivity contribution in [3.05, 3.63) is 95.2 Å². The Labute approximate surface area is 255 Å². The van der Waals surface area contributed by atoms with Crippen LogP contribution in [0.5, 0.6) is 0 Å². The third kappa shape index (κ3) is 6.27. The van der Waals surface area contributed by atoms with Gasteiger partial charge in [0.2, 0.25) is 0 Å². The summed E-state index contributed by atoms with van der Waals surface area (Å²) in [6.07, 6.45) is 0.948. The molecule has 1 unspecified atom stereocenters. The van der Waals surface area contributed by atoms with Gasteiger partial charge in [0.25, 0.3) is 0 Å². The molecule has 3 heterocycles. The number of halogens is 3. The molecule has 1 atom stereocenters. The maximum Gasteiger partial charge on any atom is 0.170 e. The molecule has 8 nitrogen and oxygen atoms in total. The summed E-state index contributed by atoms with van der Waals surface area (Å²) in [5.41, 5.74) is 4.26. The maximum atomic E-state index is 10.9. The number of aliphatic hydroxyl groups is 1. The highest BCUT2D eigenvalue weighted by Crippen LogP contribution is 2.33. The summed E-state index contributed by atoms with van der Waals surface area (Å²) in [7, 11) is 0. The number of nitrogens with one attached hydrogen (secondary N) is 1. The number of rotatable bonds is 8. The number of nitrogens with zero attached hydrogens (tertiary/aromatic N) is 6. The number of benzene rings is 3. The van der Waals surface area contributed by atoms with Crippen molar-refractivity contribution in [2.75, 3.05) is 49.5 Å². The molecule has 0 amide bonds. The van der Waals surface area contributed by atoms with Crippen molar-refractivity contribution in [2.45, 2.75) is 6.10 Å². The van der Waals surface area contributed by atoms with E-state index in [0.717, 1.165) is 48.9 Å². The molecule has 1 aliphatic heterocycles. The van der Waals surface area contributed by atoms with Crippen LogP contribution in [0.2, 0.25) is 10.0 Å². The van der Waals surface area contributed by atoms with Gasteiger partial charge in [-0.25, -0.2) is 15.0 Å². The molecule has 1 saturated heterocycles. The topological polar surface area (TPSA) is 82.3 Å². The summed E-state index contributed by atoms with van der Waals surface area (Å²) in [5.74, 6) is 1.37. The number of aliphatic hydroxyl groups excluding tert-OH is 1. The summed E-state index contributed by atoms with van der Waals surface area (Å²) >= 11 is 12.6. The molecule has 1 fully saturated rings. The monoisotopic (exact) mass is 609 g/mol. The molecule has 6 rings (SSSR count). The van der Waals surface area contributed by atoms with Crippen LogP contribution in [0.3, 0.4) is 0 Å². The van der Waals surface area contributed by atoms with Crippen molar-refractivity contribution >= 4 is 58.3 Å². The fourth-order valence-corrected chi connectivity index (χ4v) is 5.52. The van der Waals surface area contributed by atoms with E-state index in [0.29, 0.717) is 40.1 Å². The van der Waals surface area contributed by atoms with Gasteiger partial charge < -0.3 is 15.3 Å². The number of fused-ring (bicyclic) bond motifs is 1. The Morgan fingerprint density at radius 1 is 0.854 bits per heavy atom. The molecule has 0 bridgehead atoms. The lowest BCUT2D eigenvalue weighted by Gasteiger charge is -2.37. The lowest BCUT2D eigenvalue weighted by Crippen LogP contribution is -2.49. The standard InChI is InChI=1S/C30H29Cl2N7O.ClH/c31-24-12-7-13-25(26(24)32)38-16-14-37(15-17-38)19-23(40)18-33-28-27-30(35-20-34-28)39(22-10-5-2-6-11-22)29(36-27)21-8-3-1-4-9-21;/h1-13,20,23,40H,14-19H2,(H,33,34,35);1H. The average Bonchev–Trinajstić information content (AvgIpc) is 3.39. The van der Waals surface area contributed by atoms with Crippen LogP contribution in [0.1, 0.15) is 0 Å². The first-order valence-corrected chi connectivity index (χ1v) is 14.0. The molecular formula is C30H30Cl3N7O. The summed E-state index contributed by atoms with van der Waals surface area (Å²) < 4.78 is 2.04. The fourth-order valence-electron chi connectivity index (χ4n) is 5.11. The van der Waals surface area contributed by atoms with Crippen LogP contribution in [-0.2, 0) is 0 Å². The van der Waals surface area contributed by atoms with Gasteiger partial charge in [-0.15, -0.1) is 12.4 Å². The Morgan fingerprint density at radius 2 is 1.56 bits per heavy atom. The highest BCUT2D eigenvalue weighted by atomic mass is 35.5. The van der Waals surface area contributed by atoms with Gasteiger partial charge >= 0.3 is 0 Å². The molecule has 0 aliphatic carbocycles. The van der Waals surface area contributed by atoms with Gasteiger partial charge in [-0.05, 0) is 24.3 Å². The van der Waals surface area contributed by atoms with E-state index < -0.39 is 6.10 Å². The van der Waals surface area contributed by atoms with Crippen molar-refractivity contribution in [2.24, 2.45) is 0 Å². The number of hydrogen-bond donors (Lipinski definition) is 2. The minimum Gasteiger partial charge on any atom is -0.390 e. The van der Waals surface area contributed by atoms with E-state index in [1.807, 2.05) is 77.4 Å². The summed E-state index contributed by atoms with van der Waals surface area (Å²) in [6.45, 7) is 4.15. The summed E-state index contributed by atoms with van der Waals surface area (Å²) in [6, 6.07) is 25.8. The first-order chi connectivity index (χ1) is 19.6. The van der Waals surface area contributed by atoms with Crippen LogP contribution in [0, 0.1) is 0 Å². The normalized spacial score (nSPS) is 14.6. The van der Waals surface area contributed by atoms with Crippen molar-refractivity contribution < 1.29 is 5.11 Å². The van der Waals surface area contributed by atoms with Crippen LogP contribution in [-0.4, -0.2) is 74.9 Å². The van der Waals surface area contributed by atoms with E-state index >= 15 is 0 Å². The zero-order valence-electron chi connectivity index (χ0n) is 22.2. The zero-order valence-corrected chi connectivity index (χ0v) is 24.5. The first-order valence-electron chi connectivity index (χ1n) is 13.3. The highest BCUT2D eigenvalue weighted by molar-refractivity contribution is 6.43. The van der Waals surface area contributed by atoms with E-state index in [2.05, 4.69) is 25.1 Å². The second-order valence-electron chi connectivity index (χ2n) is 9.76. The Balaban J connectivity index is 0.00000337. The molecule has 3 aromatic carbocycles. The molecule has 0 radical (unpaired) electrons. The smallest absolute Gasteiger partial charge is 0.170 e. The van der Waals surface area contributed by atoms with Gasteiger partial charge in [0.15, 0.2) is 17.0 Å². The van der Waals surface area contributed by atoms with Crippen LogP contribution in [0.4, 0.5) is 11.5 Å². The van der Waals surface area contributed by atoms with E-state index in [9.17, 15) is 5.11 Å². The number of hydrogen-bond acceptors (Lipinski definition) is 7. The van der Waals surface area contributed by atoms with Gasteiger partial charge in [0, 0.05) is 50.5 Å². The molecule has 2 aromatic heterocycles. The molecule has 0 saturated carbocycles. The molecule has 2 N–H and O–H groups in total. The Bertz CT molecular complexity index is 1590.